The van der Waals surface area contributed by atoms with Gasteiger partial charge >= 0.3 is 0 Å². The van der Waals surface area contributed by atoms with Gasteiger partial charge in [0.15, 0.2) is 5.78 Å². The number of benzene rings is 2. The van der Waals surface area contributed by atoms with Crippen LogP contribution in [0.15, 0.2) is 55.6 Å². The molecule has 1 saturated carbocycles. The van der Waals surface area contributed by atoms with E-state index < -0.39 is 0 Å². The van der Waals surface area contributed by atoms with Crippen molar-refractivity contribution in [3.05, 3.63) is 72.3 Å². The van der Waals surface area contributed by atoms with Crippen molar-refractivity contribution in [3.63, 3.8) is 0 Å². The van der Waals surface area contributed by atoms with Crippen molar-refractivity contribution < 1.29 is 9.73 Å². The summed E-state index contributed by atoms with van der Waals surface area (Å²) in [5.74, 6) is 0.894. The number of aryl methyl sites for hydroxylation is 1. The standard InChI is InChI=1S/C22H28N2O2.C2H7N.C2H4/c1-16-8-11-21(15-22(16)17(2)25)24-26-23-20-12-9-19(10-13-20)14-18-6-4-3-5-7-18;1-3-2;1-2/h8-13,15,18,23-24H,3-7,14H2,1-2H3;3H,1-2H3;1-2H2. The number of carbonyl (C=O) groups is 1. The highest BCUT2D eigenvalue weighted by Gasteiger charge is 2.13. The number of anilines is 2. The number of ketones is 1. The molecule has 1 aliphatic carbocycles. The Morgan fingerprint density at radius 1 is 0.968 bits per heavy atom. The van der Waals surface area contributed by atoms with Crippen molar-refractivity contribution in [1.29, 1.82) is 0 Å². The molecule has 0 radical (unpaired) electrons. The number of carbonyl (C=O) groups excluding carboxylic acids is 1. The molecule has 0 aromatic heterocycles. The molecule has 0 bridgehead atoms. The van der Waals surface area contributed by atoms with Gasteiger partial charge < -0.3 is 5.32 Å². The molecule has 5 heteroatoms. The first-order valence-electron chi connectivity index (χ1n) is 11.0. The van der Waals surface area contributed by atoms with Gasteiger partial charge in [-0.25, -0.2) is 11.0 Å². The fourth-order valence-corrected chi connectivity index (χ4v) is 3.64. The molecule has 0 amide bonds. The summed E-state index contributed by atoms with van der Waals surface area (Å²) in [6.07, 6.45) is 8.08. The average Bonchev–Trinajstić information content (AvgIpc) is 2.78. The minimum absolute atomic E-state index is 0.0488. The van der Waals surface area contributed by atoms with E-state index in [9.17, 15) is 4.79 Å². The summed E-state index contributed by atoms with van der Waals surface area (Å²) in [7, 11) is 3.75. The number of Topliss-reactive ketones (excluding diaryl/α,β-unsaturated/α-hetero) is 1. The SMILES string of the molecule is C=C.CC(=O)c1cc(NONc2ccc(CC3CCCCC3)cc2)ccc1C.CNC. The smallest absolute Gasteiger partial charge is 0.160 e. The summed E-state index contributed by atoms with van der Waals surface area (Å²) in [4.78, 5) is 17.0. The molecular formula is C26H39N3O2. The number of hydrogen-bond donors (Lipinski definition) is 3. The zero-order valence-electron chi connectivity index (χ0n) is 19.6. The second-order valence-corrected chi connectivity index (χ2v) is 7.80. The van der Waals surface area contributed by atoms with Gasteiger partial charge in [0.05, 0.1) is 11.4 Å². The number of rotatable bonds is 7. The average molecular weight is 426 g/mol. The minimum Gasteiger partial charge on any atom is -0.323 e. The van der Waals surface area contributed by atoms with Crippen molar-refractivity contribution in [2.75, 3.05) is 25.1 Å². The molecule has 0 atom stereocenters. The zero-order chi connectivity index (χ0) is 23.1. The van der Waals surface area contributed by atoms with Crippen LogP contribution in [0.4, 0.5) is 11.4 Å². The van der Waals surface area contributed by atoms with E-state index in [1.807, 2.05) is 45.3 Å². The topological polar surface area (TPSA) is 62.4 Å². The summed E-state index contributed by atoms with van der Waals surface area (Å²) in [5.41, 5.74) is 10.4. The highest BCUT2D eigenvalue weighted by Crippen LogP contribution is 2.27. The minimum atomic E-state index is 0.0488. The quantitative estimate of drug-likeness (QED) is 0.275. The second-order valence-electron chi connectivity index (χ2n) is 7.80. The van der Waals surface area contributed by atoms with E-state index in [-0.39, 0.29) is 5.78 Å². The predicted molar refractivity (Wildman–Crippen MR) is 132 cm³/mol. The molecule has 5 nitrogen and oxygen atoms in total. The molecule has 170 valence electrons. The largest absolute Gasteiger partial charge is 0.323 e. The summed E-state index contributed by atoms with van der Waals surface area (Å²) >= 11 is 0. The van der Waals surface area contributed by atoms with E-state index in [1.54, 1.807) is 13.0 Å². The highest BCUT2D eigenvalue weighted by atomic mass is 16.8. The Hall–Kier alpha value is -2.63. The number of hydrogen-bond acceptors (Lipinski definition) is 5. The second kappa shape index (κ2) is 15.2. The monoisotopic (exact) mass is 425 g/mol. The van der Waals surface area contributed by atoms with Crippen LogP contribution in [-0.2, 0) is 11.4 Å². The first-order chi connectivity index (χ1) is 15.0. The lowest BCUT2D eigenvalue weighted by Gasteiger charge is -2.21. The van der Waals surface area contributed by atoms with Crippen LogP contribution < -0.4 is 16.3 Å². The van der Waals surface area contributed by atoms with Crippen LogP contribution in [0.25, 0.3) is 0 Å². The third kappa shape index (κ3) is 9.81. The van der Waals surface area contributed by atoms with Crippen LogP contribution in [0.5, 0.6) is 0 Å². The molecule has 31 heavy (non-hydrogen) atoms. The van der Waals surface area contributed by atoms with Gasteiger partial charge in [-0.05, 0) is 75.7 Å². The lowest BCUT2D eigenvalue weighted by atomic mass is 9.85. The molecule has 0 heterocycles. The summed E-state index contributed by atoms with van der Waals surface area (Å²) in [6.45, 7) is 9.49. The van der Waals surface area contributed by atoms with E-state index in [4.69, 9.17) is 4.94 Å². The van der Waals surface area contributed by atoms with Gasteiger partial charge in [-0.15, -0.1) is 13.2 Å². The van der Waals surface area contributed by atoms with E-state index in [0.717, 1.165) is 22.9 Å². The van der Waals surface area contributed by atoms with E-state index in [0.29, 0.717) is 5.56 Å². The molecule has 0 unspecified atom stereocenters. The molecule has 1 aliphatic rings. The van der Waals surface area contributed by atoms with Crippen LogP contribution in [0.1, 0.15) is 60.5 Å². The normalized spacial score (nSPS) is 13.2. The van der Waals surface area contributed by atoms with Gasteiger partial charge in [-0.2, -0.15) is 4.94 Å². The van der Waals surface area contributed by atoms with E-state index in [2.05, 4.69) is 41.6 Å². The third-order valence-electron chi connectivity index (χ3n) is 5.16. The zero-order valence-corrected chi connectivity index (χ0v) is 19.6. The van der Waals surface area contributed by atoms with E-state index in [1.165, 1.54) is 44.1 Å². The van der Waals surface area contributed by atoms with Gasteiger partial charge in [0.1, 0.15) is 0 Å². The third-order valence-corrected chi connectivity index (χ3v) is 5.16. The van der Waals surface area contributed by atoms with Crippen molar-refractivity contribution in [3.8, 4) is 0 Å². The predicted octanol–water partition coefficient (Wildman–Crippen LogP) is 6.33. The van der Waals surface area contributed by atoms with E-state index >= 15 is 0 Å². The Morgan fingerprint density at radius 2 is 1.52 bits per heavy atom. The Kier molecular flexibility index (Phi) is 13.0. The lowest BCUT2D eigenvalue weighted by Crippen LogP contribution is -2.10. The summed E-state index contributed by atoms with van der Waals surface area (Å²) in [5, 5.41) is 2.75. The molecule has 2 aromatic rings. The first kappa shape index (κ1) is 26.4. The van der Waals surface area contributed by atoms with Crippen LogP contribution in [0.3, 0.4) is 0 Å². The molecule has 0 saturated heterocycles. The Morgan fingerprint density at radius 3 is 2.10 bits per heavy atom. The van der Waals surface area contributed by atoms with Crippen molar-refractivity contribution in [2.24, 2.45) is 5.92 Å². The molecular weight excluding hydrogens is 386 g/mol. The number of nitrogens with one attached hydrogen (secondary N) is 3. The highest BCUT2D eigenvalue weighted by molar-refractivity contribution is 5.96. The van der Waals surface area contributed by atoms with Gasteiger partial charge in [0, 0.05) is 5.56 Å². The maximum atomic E-state index is 11.6. The Labute approximate surface area is 188 Å². The van der Waals surface area contributed by atoms with Crippen molar-refractivity contribution in [2.45, 2.75) is 52.4 Å². The van der Waals surface area contributed by atoms with Crippen LogP contribution in [0, 0.1) is 12.8 Å². The summed E-state index contributed by atoms with van der Waals surface area (Å²) < 4.78 is 0. The van der Waals surface area contributed by atoms with Crippen molar-refractivity contribution >= 4 is 17.2 Å². The first-order valence-corrected chi connectivity index (χ1v) is 11.0. The molecule has 0 aliphatic heterocycles. The fourth-order valence-electron chi connectivity index (χ4n) is 3.64. The maximum Gasteiger partial charge on any atom is 0.160 e. The molecule has 3 N–H and O–H groups in total. The van der Waals surface area contributed by atoms with Gasteiger partial charge in [-0.3, -0.25) is 4.79 Å². The van der Waals surface area contributed by atoms with Gasteiger partial charge in [0.2, 0.25) is 0 Å². The fraction of sp³-hybridized carbons (Fsp3) is 0.423. The molecule has 3 rings (SSSR count). The van der Waals surface area contributed by atoms with Crippen LogP contribution in [0.2, 0.25) is 0 Å². The van der Waals surface area contributed by atoms with Gasteiger partial charge in [0.25, 0.3) is 0 Å². The Bertz CT molecular complexity index is 769. The molecule has 0 spiro atoms. The molecule has 2 aromatic carbocycles. The Balaban J connectivity index is 0.000000884. The van der Waals surface area contributed by atoms with Gasteiger partial charge in [-0.1, -0.05) is 50.3 Å². The maximum absolute atomic E-state index is 11.6. The van der Waals surface area contributed by atoms with Crippen molar-refractivity contribution in [1.82, 2.24) is 5.32 Å². The lowest BCUT2D eigenvalue weighted by molar-refractivity contribution is 0.101. The summed E-state index contributed by atoms with van der Waals surface area (Å²) in [6, 6.07) is 14.0. The molecule has 1 fully saturated rings. The van der Waals surface area contributed by atoms with Crippen LogP contribution >= 0.6 is 0 Å². The van der Waals surface area contributed by atoms with Crippen LogP contribution in [-0.4, -0.2) is 19.9 Å².